The Bertz CT molecular complexity index is 518. The standard InChI is InChI=1S/C15H19ClN2O3.ClH/c1-9(11-7-17-8-11)14(19)18-13(15(20)21-2)10-3-5-12(16)6-4-10;/h3-6,9,11,13,17H,7-8H2,1-2H3,(H,18,19);1H. The molecule has 0 aromatic heterocycles. The van der Waals surface area contributed by atoms with E-state index in [-0.39, 0.29) is 24.2 Å². The van der Waals surface area contributed by atoms with Crippen LogP contribution in [0, 0.1) is 11.8 Å². The summed E-state index contributed by atoms with van der Waals surface area (Å²) in [4.78, 5) is 24.2. The largest absolute Gasteiger partial charge is 0.467 e. The van der Waals surface area contributed by atoms with Crippen LogP contribution in [0.25, 0.3) is 0 Å². The number of benzene rings is 1. The van der Waals surface area contributed by atoms with Gasteiger partial charge < -0.3 is 15.4 Å². The molecular weight excluding hydrogens is 327 g/mol. The lowest BCUT2D eigenvalue weighted by molar-refractivity contribution is -0.146. The number of hydrogen-bond donors (Lipinski definition) is 2. The highest BCUT2D eigenvalue weighted by molar-refractivity contribution is 6.30. The van der Waals surface area contributed by atoms with Crippen LogP contribution in [0.3, 0.4) is 0 Å². The highest BCUT2D eigenvalue weighted by Crippen LogP contribution is 2.21. The van der Waals surface area contributed by atoms with Crippen molar-refractivity contribution >= 4 is 35.9 Å². The van der Waals surface area contributed by atoms with Gasteiger partial charge in [0, 0.05) is 10.9 Å². The minimum atomic E-state index is -0.810. The normalized spacial score (nSPS) is 16.7. The molecule has 1 saturated heterocycles. The van der Waals surface area contributed by atoms with Crippen molar-refractivity contribution in [3.05, 3.63) is 34.9 Å². The van der Waals surface area contributed by atoms with Gasteiger partial charge in [-0.05, 0) is 36.7 Å². The van der Waals surface area contributed by atoms with E-state index < -0.39 is 12.0 Å². The molecule has 0 radical (unpaired) electrons. The zero-order chi connectivity index (χ0) is 15.4. The summed E-state index contributed by atoms with van der Waals surface area (Å²) >= 11 is 5.84. The van der Waals surface area contributed by atoms with Crippen LogP contribution < -0.4 is 10.6 Å². The highest BCUT2D eigenvalue weighted by Gasteiger charge is 2.32. The van der Waals surface area contributed by atoms with E-state index >= 15 is 0 Å². The number of hydrogen-bond acceptors (Lipinski definition) is 4. The first-order valence-corrected chi connectivity index (χ1v) is 7.25. The Kier molecular flexibility index (Phi) is 7.13. The van der Waals surface area contributed by atoms with E-state index in [1.165, 1.54) is 7.11 Å². The van der Waals surface area contributed by atoms with Crippen LogP contribution in [0.5, 0.6) is 0 Å². The Balaban J connectivity index is 0.00000242. The molecule has 0 aliphatic carbocycles. The Hall–Kier alpha value is -1.30. The van der Waals surface area contributed by atoms with E-state index in [0.717, 1.165) is 13.1 Å². The summed E-state index contributed by atoms with van der Waals surface area (Å²) in [6.07, 6.45) is 0. The molecule has 2 rings (SSSR count). The average Bonchev–Trinajstić information content (AvgIpc) is 2.43. The van der Waals surface area contributed by atoms with Gasteiger partial charge in [-0.15, -0.1) is 12.4 Å². The van der Waals surface area contributed by atoms with Gasteiger partial charge in [-0.3, -0.25) is 4.79 Å². The molecule has 5 nitrogen and oxygen atoms in total. The van der Waals surface area contributed by atoms with Crippen molar-refractivity contribution in [2.75, 3.05) is 20.2 Å². The number of ether oxygens (including phenoxy) is 1. The molecule has 2 N–H and O–H groups in total. The van der Waals surface area contributed by atoms with E-state index in [1.54, 1.807) is 24.3 Å². The molecule has 1 amide bonds. The second-order valence-electron chi connectivity index (χ2n) is 5.22. The summed E-state index contributed by atoms with van der Waals surface area (Å²) in [5.74, 6) is -0.476. The van der Waals surface area contributed by atoms with E-state index in [9.17, 15) is 9.59 Å². The number of halogens is 2. The number of amides is 1. The second kappa shape index (κ2) is 8.36. The number of esters is 1. The molecule has 0 saturated carbocycles. The van der Waals surface area contributed by atoms with Crippen molar-refractivity contribution in [3.8, 4) is 0 Å². The number of methoxy groups -OCH3 is 1. The van der Waals surface area contributed by atoms with Gasteiger partial charge in [-0.2, -0.15) is 0 Å². The van der Waals surface area contributed by atoms with Gasteiger partial charge in [0.15, 0.2) is 6.04 Å². The molecule has 1 fully saturated rings. The van der Waals surface area contributed by atoms with Gasteiger partial charge in [0.25, 0.3) is 0 Å². The first-order chi connectivity index (χ1) is 10.0. The molecule has 7 heteroatoms. The fraction of sp³-hybridized carbons (Fsp3) is 0.467. The van der Waals surface area contributed by atoms with Gasteiger partial charge in [0.2, 0.25) is 5.91 Å². The van der Waals surface area contributed by atoms with E-state index in [1.807, 2.05) is 6.92 Å². The fourth-order valence-electron chi connectivity index (χ4n) is 2.20. The van der Waals surface area contributed by atoms with Crippen LogP contribution >= 0.6 is 24.0 Å². The maximum Gasteiger partial charge on any atom is 0.333 e. The van der Waals surface area contributed by atoms with Gasteiger partial charge in [0.05, 0.1) is 7.11 Å². The summed E-state index contributed by atoms with van der Waals surface area (Å²) in [7, 11) is 1.30. The van der Waals surface area contributed by atoms with Crippen LogP contribution in [-0.2, 0) is 14.3 Å². The Morgan fingerprint density at radius 1 is 1.32 bits per heavy atom. The van der Waals surface area contributed by atoms with Gasteiger partial charge in [0.1, 0.15) is 0 Å². The monoisotopic (exact) mass is 346 g/mol. The molecule has 122 valence electrons. The molecule has 0 spiro atoms. The summed E-state index contributed by atoms with van der Waals surface area (Å²) in [5.41, 5.74) is 0.651. The van der Waals surface area contributed by atoms with Crippen LogP contribution in [0.1, 0.15) is 18.5 Å². The van der Waals surface area contributed by atoms with Gasteiger partial charge in [-0.25, -0.2) is 4.79 Å². The second-order valence-corrected chi connectivity index (χ2v) is 5.66. The lowest BCUT2D eigenvalue weighted by atomic mass is 9.88. The minimum Gasteiger partial charge on any atom is -0.467 e. The molecule has 0 bridgehead atoms. The molecular formula is C15H20Cl2N2O3. The Morgan fingerprint density at radius 2 is 1.91 bits per heavy atom. The smallest absolute Gasteiger partial charge is 0.333 e. The first kappa shape index (κ1) is 18.7. The maximum absolute atomic E-state index is 12.3. The predicted molar refractivity (Wildman–Crippen MR) is 87.1 cm³/mol. The predicted octanol–water partition coefficient (Wildman–Crippen LogP) is 1.95. The SMILES string of the molecule is COC(=O)C(NC(=O)C(C)C1CNC1)c1ccc(Cl)cc1.Cl. The van der Waals surface area contributed by atoms with Crippen molar-refractivity contribution in [3.63, 3.8) is 0 Å². The zero-order valence-corrected chi connectivity index (χ0v) is 14.0. The topological polar surface area (TPSA) is 67.4 Å². The lowest BCUT2D eigenvalue weighted by Gasteiger charge is -2.32. The summed E-state index contributed by atoms with van der Waals surface area (Å²) in [6, 6.07) is 5.96. The van der Waals surface area contributed by atoms with Crippen LogP contribution in [0.2, 0.25) is 5.02 Å². The van der Waals surface area contributed by atoms with Crippen molar-refractivity contribution in [1.29, 1.82) is 0 Å². The summed E-state index contributed by atoms with van der Waals surface area (Å²) in [6.45, 7) is 3.54. The van der Waals surface area contributed by atoms with Crippen LogP contribution in [0.15, 0.2) is 24.3 Å². The first-order valence-electron chi connectivity index (χ1n) is 6.87. The Labute approximate surface area is 141 Å². The molecule has 1 heterocycles. The third kappa shape index (κ3) is 4.35. The fourth-order valence-corrected chi connectivity index (χ4v) is 2.33. The third-order valence-electron chi connectivity index (χ3n) is 3.86. The molecule has 1 aliphatic rings. The molecule has 1 aromatic carbocycles. The molecule has 2 unspecified atom stereocenters. The number of carbonyl (C=O) groups excluding carboxylic acids is 2. The lowest BCUT2D eigenvalue weighted by Crippen LogP contribution is -2.50. The zero-order valence-electron chi connectivity index (χ0n) is 12.5. The quantitative estimate of drug-likeness (QED) is 0.799. The molecule has 22 heavy (non-hydrogen) atoms. The summed E-state index contributed by atoms with van der Waals surface area (Å²) < 4.78 is 4.78. The maximum atomic E-state index is 12.3. The highest BCUT2D eigenvalue weighted by atomic mass is 35.5. The number of rotatable bonds is 5. The molecule has 1 aliphatic heterocycles. The van der Waals surface area contributed by atoms with E-state index in [0.29, 0.717) is 16.5 Å². The Morgan fingerprint density at radius 3 is 2.36 bits per heavy atom. The summed E-state index contributed by atoms with van der Waals surface area (Å²) in [5, 5.41) is 6.48. The average molecular weight is 347 g/mol. The molecule has 2 atom stereocenters. The van der Waals surface area contributed by atoms with Crippen molar-refractivity contribution < 1.29 is 14.3 Å². The third-order valence-corrected chi connectivity index (χ3v) is 4.11. The van der Waals surface area contributed by atoms with E-state index in [4.69, 9.17) is 16.3 Å². The minimum absolute atomic E-state index is 0. The van der Waals surface area contributed by atoms with Crippen LogP contribution in [0.4, 0.5) is 0 Å². The van der Waals surface area contributed by atoms with Crippen LogP contribution in [-0.4, -0.2) is 32.1 Å². The van der Waals surface area contributed by atoms with Gasteiger partial charge >= 0.3 is 5.97 Å². The molecule has 1 aromatic rings. The van der Waals surface area contributed by atoms with Crippen molar-refractivity contribution in [1.82, 2.24) is 10.6 Å². The van der Waals surface area contributed by atoms with Gasteiger partial charge in [-0.1, -0.05) is 30.7 Å². The van der Waals surface area contributed by atoms with E-state index in [2.05, 4.69) is 10.6 Å². The number of nitrogens with one attached hydrogen (secondary N) is 2. The van der Waals surface area contributed by atoms with Crippen molar-refractivity contribution in [2.24, 2.45) is 11.8 Å². The van der Waals surface area contributed by atoms with Crippen molar-refractivity contribution in [2.45, 2.75) is 13.0 Å². The number of carbonyl (C=O) groups is 2.